The van der Waals surface area contributed by atoms with E-state index < -0.39 is 0 Å². The number of rotatable bonds is 3. The molecule has 1 aromatic carbocycles. The minimum absolute atomic E-state index is 0.0186. The quantitative estimate of drug-likeness (QED) is 0.746. The molecule has 0 spiro atoms. The van der Waals surface area contributed by atoms with Gasteiger partial charge in [0.05, 0.1) is 17.6 Å². The van der Waals surface area contributed by atoms with E-state index in [1.807, 2.05) is 22.4 Å². The van der Waals surface area contributed by atoms with Gasteiger partial charge in [0.25, 0.3) is 0 Å². The van der Waals surface area contributed by atoms with E-state index in [4.69, 9.17) is 4.98 Å². The van der Waals surface area contributed by atoms with Gasteiger partial charge in [-0.3, -0.25) is 0 Å². The minimum Gasteiger partial charge on any atom is -0.342 e. The van der Waals surface area contributed by atoms with Crippen molar-refractivity contribution in [1.29, 1.82) is 0 Å². The molecule has 0 radical (unpaired) electrons. The Balaban J connectivity index is 1.43. The number of urea groups is 1. The fraction of sp³-hybridized carbons (Fsp3) is 0.368. The number of thiophene rings is 1. The number of piperidine rings is 1. The molecule has 4 rings (SSSR count). The van der Waals surface area contributed by atoms with Crippen molar-refractivity contribution >= 4 is 28.4 Å². The average molecular weight is 354 g/mol. The van der Waals surface area contributed by atoms with Crippen LogP contribution < -0.4 is 5.32 Å². The first-order valence-corrected chi connectivity index (χ1v) is 9.58. The van der Waals surface area contributed by atoms with Gasteiger partial charge in [-0.15, -0.1) is 11.3 Å². The molecule has 3 aromatic rings. The van der Waals surface area contributed by atoms with E-state index in [1.54, 1.807) is 11.3 Å². The molecule has 1 aliphatic rings. The minimum atomic E-state index is 0.0186. The van der Waals surface area contributed by atoms with Gasteiger partial charge in [-0.05, 0) is 48.9 Å². The number of likely N-dealkylation sites (tertiary alicyclic amines) is 1. The molecule has 2 N–H and O–H groups in total. The second-order valence-corrected chi connectivity index (χ2v) is 7.70. The number of nitrogens with one attached hydrogen (secondary N) is 2. The molecule has 6 heteroatoms. The van der Waals surface area contributed by atoms with E-state index in [0.717, 1.165) is 42.8 Å². The highest BCUT2D eigenvalue weighted by Crippen LogP contribution is 2.27. The normalized spacial score (nSPS) is 17.8. The van der Waals surface area contributed by atoms with E-state index in [2.05, 4.69) is 35.4 Å². The Labute approximate surface area is 151 Å². The molecule has 1 unspecified atom stereocenters. The number of aromatic nitrogens is 2. The molecular formula is C19H22N4OS. The van der Waals surface area contributed by atoms with Gasteiger partial charge in [-0.1, -0.05) is 12.1 Å². The number of nitrogens with zero attached hydrogens (tertiary/aromatic N) is 2. The fourth-order valence-electron chi connectivity index (χ4n) is 3.41. The predicted octanol–water partition coefficient (Wildman–Crippen LogP) is 4.02. The molecule has 1 aliphatic heterocycles. The van der Waals surface area contributed by atoms with Crippen LogP contribution in [-0.4, -0.2) is 34.0 Å². The number of hydrogen-bond donors (Lipinski definition) is 2. The first kappa shape index (κ1) is 16.1. The molecule has 130 valence electrons. The Bertz CT molecular complexity index is 871. The summed E-state index contributed by atoms with van der Waals surface area (Å²) in [5, 5.41) is 5.06. The van der Waals surface area contributed by atoms with Crippen LogP contribution in [0.4, 0.5) is 4.79 Å². The van der Waals surface area contributed by atoms with Crippen LogP contribution in [0.5, 0.6) is 0 Å². The zero-order valence-corrected chi connectivity index (χ0v) is 15.1. The predicted molar refractivity (Wildman–Crippen MR) is 101 cm³/mol. The van der Waals surface area contributed by atoms with Gasteiger partial charge in [0, 0.05) is 23.9 Å². The molecule has 3 heterocycles. The van der Waals surface area contributed by atoms with Crippen LogP contribution >= 0.6 is 11.3 Å². The van der Waals surface area contributed by atoms with E-state index in [1.165, 1.54) is 10.4 Å². The summed E-state index contributed by atoms with van der Waals surface area (Å²) in [5.74, 6) is 1.27. The molecule has 0 aliphatic carbocycles. The lowest BCUT2D eigenvalue weighted by molar-refractivity contribution is 0.178. The van der Waals surface area contributed by atoms with Gasteiger partial charge in [0.15, 0.2) is 0 Å². The number of aromatic amines is 1. The highest BCUT2D eigenvalue weighted by atomic mass is 32.1. The Hall–Kier alpha value is -2.34. The number of carbonyl (C=O) groups excluding carboxylic acids is 1. The van der Waals surface area contributed by atoms with Gasteiger partial charge in [-0.25, -0.2) is 9.78 Å². The maximum absolute atomic E-state index is 12.5. The molecule has 1 atom stereocenters. The summed E-state index contributed by atoms with van der Waals surface area (Å²) in [4.78, 5) is 23.8. The third kappa shape index (κ3) is 3.54. The van der Waals surface area contributed by atoms with Crippen LogP contribution in [0.15, 0.2) is 35.7 Å². The Morgan fingerprint density at radius 3 is 3.20 bits per heavy atom. The summed E-state index contributed by atoms with van der Waals surface area (Å²) >= 11 is 1.66. The summed E-state index contributed by atoms with van der Waals surface area (Å²) in [6, 6.07) is 10.3. The van der Waals surface area contributed by atoms with Crippen LogP contribution in [-0.2, 0) is 6.54 Å². The number of amides is 2. The molecule has 1 fully saturated rings. The zero-order chi connectivity index (χ0) is 17.2. The molecular weight excluding hydrogens is 332 g/mol. The van der Waals surface area contributed by atoms with Gasteiger partial charge >= 0.3 is 6.03 Å². The highest BCUT2D eigenvalue weighted by Gasteiger charge is 2.26. The number of fused-ring (bicyclic) bond motifs is 1. The van der Waals surface area contributed by atoms with E-state index >= 15 is 0 Å². The lowest BCUT2D eigenvalue weighted by Gasteiger charge is -2.31. The first-order valence-electron chi connectivity index (χ1n) is 8.70. The number of H-pyrrole nitrogens is 1. The summed E-state index contributed by atoms with van der Waals surface area (Å²) in [6.45, 7) is 4.21. The Morgan fingerprint density at radius 1 is 1.44 bits per heavy atom. The van der Waals surface area contributed by atoms with Crippen molar-refractivity contribution in [2.45, 2.75) is 32.2 Å². The molecule has 0 saturated carbocycles. The number of benzene rings is 1. The third-order valence-electron chi connectivity index (χ3n) is 4.74. The van der Waals surface area contributed by atoms with Gasteiger partial charge in [0.1, 0.15) is 5.82 Å². The topological polar surface area (TPSA) is 61.0 Å². The van der Waals surface area contributed by atoms with Crippen LogP contribution in [0.3, 0.4) is 0 Å². The van der Waals surface area contributed by atoms with Crippen molar-refractivity contribution in [2.24, 2.45) is 0 Å². The lowest BCUT2D eigenvalue weighted by Crippen LogP contribution is -2.44. The summed E-state index contributed by atoms with van der Waals surface area (Å²) in [7, 11) is 0. The number of aryl methyl sites for hydroxylation is 1. The van der Waals surface area contributed by atoms with Gasteiger partial charge < -0.3 is 15.2 Å². The lowest BCUT2D eigenvalue weighted by atomic mass is 9.97. The Morgan fingerprint density at radius 2 is 2.36 bits per heavy atom. The molecule has 0 bridgehead atoms. The van der Waals surface area contributed by atoms with Gasteiger partial charge in [0.2, 0.25) is 0 Å². The van der Waals surface area contributed by atoms with Crippen molar-refractivity contribution in [1.82, 2.24) is 20.2 Å². The highest BCUT2D eigenvalue weighted by molar-refractivity contribution is 7.09. The van der Waals surface area contributed by atoms with E-state index in [9.17, 15) is 4.79 Å². The van der Waals surface area contributed by atoms with Gasteiger partial charge in [-0.2, -0.15) is 0 Å². The van der Waals surface area contributed by atoms with E-state index in [-0.39, 0.29) is 11.9 Å². The molecule has 2 aromatic heterocycles. The first-order chi connectivity index (χ1) is 12.2. The van der Waals surface area contributed by atoms with Crippen molar-refractivity contribution < 1.29 is 4.79 Å². The fourth-order valence-corrected chi connectivity index (χ4v) is 4.05. The Kier molecular flexibility index (Phi) is 4.44. The third-order valence-corrected chi connectivity index (χ3v) is 5.62. The van der Waals surface area contributed by atoms with Crippen molar-refractivity contribution in [2.75, 3.05) is 13.1 Å². The number of carbonyl (C=O) groups is 1. The van der Waals surface area contributed by atoms with Crippen LogP contribution in [0.1, 0.15) is 35.0 Å². The standard InChI is InChI=1S/C19H22N4OS/c1-13-6-7-16-17(10-13)22-18(21-16)14-4-2-8-23(12-14)19(24)20-11-15-5-3-9-25-15/h3,5-7,9-10,14H,2,4,8,11-12H2,1H3,(H,20,24)(H,21,22). The molecule has 5 nitrogen and oxygen atoms in total. The SMILES string of the molecule is Cc1ccc2nc(C3CCCN(C(=O)NCc4cccs4)C3)[nH]c2c1. The summed E-state index contributed by atoms with van der Waals surface area (Å²) in [6.07, 6.45) is 2.07. The average Bonchev–Trinajstić information content (AvgIpc) is 3.28. The van der Waals surface area contributed by atoms with Crippen LogP contribution in [0.2, 0.25) is 0 Å². The maximum Gasteiger partial charge on any atom is 0.317 e. The summed E-state index contributed by atoms with van der Waals surface area (Å²) in [5.41, 5.74) is 3.30. The smallest absolute Gasteiger partial charge is 0.317 e. The van der Waals surface area contributed by atoms with Crippen LogP contribution in [0, 0.1) is 6.92 Å². The molecule has 1 saturated heterocycles. The number of imidazole rings is 1. The number of hydrogen-bond acceptors (Lipinski definition) is 3. The van der Waals surface area contributed by atoms with E-state index in [0.29, 0.717) is 6.54 Å². The molecule has 2 amide bonds. The summed E-state index contributed by atoms with van der Waals surface area (Å²) < 4.78 is 0. The second kappa shape index (κ2) is 6.88. The maximum atomic E-state index is 12.5. The second-order valence-electron chi connectivity index (χ2n) is 6.67. The van der Waals surface area contributed by atoms with Crippen LogP contribution in [0.25, 0.3) is 11.0 Å². The molecule has 25 heavy (non-hydrogen) atoms. The largest absolute Gasteiger partial charge is 0.342 e. The zero-order valence-electron chi connectivity index (χ0n) is 14.3. The van der Waals surface area contributed by atoms with Crippen molar-refractivity contribution in [3.8, 4) is 0 Å². The van der Waals surface area contributed by atoms with Crippen molar-refractivity contribution in [3.05, 3.63) is 52.0 Å². The van der Waals surface area contributed by atoms with Crippen molar-refractivity contribution in [3.63, 3.8) is 0 Å². The monoisotopic (exact) mass is 354 g/mol.